The lowest BCUT2D eigenvalue weighted by atomic mass is 10.3. The average molecular weight is 178 g/mol. The van der Waals surface area contributed by atoms with Crippen molar-refractivity contribution in [1.82, 2.24) is 9.78 Å². The van der Waals surface area contributed by atoms with Gasteiger partial charge in [0.05, 0.1) is 5.69 Å². The van der Waals surface area contributed by atoms with E-state index >= 15 is 0 Å². The van der Waals surface area contributed by atoms with Crippen molar-refractivity contribution in [2.24, 2.45) is 0 Å². The van der Waals surface area contributed by atoms with Crippen molar-refractivity contribution < 1.29 is 0 Å². The summed E-state index contributed by atoms with van der Waals surface area (Å²) >= 11 is 5.80. The fraction of sp³-hybridized carbons (Fsp3) is 0. The zero-order chi connectivity index (χ0) is 8.39. The molecule has 3 heteroatoms. The van der Waals surface area contributed by atoms with E-state index in [1.807, 2.05) is 18.3 Å². The van der Waals surface area contributed by atoms with Crippen LogP contribution in [0.1, 0.15) is 0 Å². The molecule has 0 fully saturated rings. The maximum Gasteiger partial charge on any atom is 0.0739 e. The van der Waals surface area contributed by atoms with Gasteiger partial charge in [0, 0.05) is 23.5 Å². The molecule has 0 saturated heterocycles. The van der Waals surface area contributed by atoms with Gasteiger partial charge in [0.2, 0.25) is 0 Å². The van der Waals surface area contributed by atoms with Gasteiger partial charge >= 0.3 is 0 Å². The lowest BCUT2D eigenvalue weighted by Gasteiger charge is -1.99. The summed E-state index contributed by atoms with van der Waals surface area (Å²) in [6.07, 6.45) is 3.57. The predicted molar refractivity (Wildman–Crippen MR) is 47.4 cm³/mol. The Labute approximate surface area is 75.4 Å². The van der Waals surface area contributed by atoms with E-state index in [1.54, 1.807) is 23.0 Å². The van der Waals surface area contributed by atoms with Crippen molar-refractivity contribution in [3.05, 3.63) is 47.7 Å². The van der Waals surface area contributed by atoms with E-state index in [0.29, 0.717) is 5.02 Å². The van der Waals surface area contributed by atoms with E-state index in [9.17, 15) is 0 Å². The second-order valence-corrected chi connectivity index (χ2v) is 2.78. The van der Waals surface area contributed by atoms with Crippen molar-refractivity contribution in [1.29, 1.82) is 0 Å². The molecule has 0 saturated carbocycles. The van der Waals surface area contributed by atoms with Crippen LogP contribution in [0.25, 0.3) is 5.69 Å². The number of nitrogens with zero attached hydrogens (tertiary/aromatic N) is 2. The SMILES string of the molecule is Clc1cc[c]c(-n2cccn2)c1. The first-order valence-corrected chi connectivity index (χ1v) is 3.91. The first-order valence-electron chi connectivity index (χ1n) is 3.53. The number of benzene rings is 1. The van der Waals surface area contributed by atoms with Crippen LogP contribution in [-0.2, 0) is 0 Å². The van der Waals surface area contributed by atoms with Crippen LogP contribution in [0.15, 0.2) is 36.7 Å². The third-order valence-corrected chi connectivity index (χ3v) is 1.73. The minimum atomic E-state index is 0.694. The Morgan fingerprint density at radius 1 is 1.50 bits per heavy atom. The Bertz CT molecular complexity index is 368. The highest BCUT2D eigenvalue weighted by atomic mass is 35.5. The molecule has 59 valence electrons. The van der Waals surface area contributed by atoms with Gasteiger partial charge in [0.25, 0.3) is 0 Å². The zero-order valence-electron chi connectivity index (χ0n) is 6.24. The minimum absolute atomic E-state index is 0.694. The predicted octanol–water partition coefficient (Wildman–Crippen LogP) is 2.33. The Morgan fingerprint density at radius 3 is 3.08 bits per heavy atom. The van der Waals surface area contributed by atoms with E-state index in [2.05, 4.69) is 11.2 Å². The Morgan fingerprint density at radius 2 is 2.42 bits per heavy atom. The highest BCUT2D eigenvalue weighted by Gasteiger charge is 1.95. The molecule has 1 radical (unpaired) electrons. The van der Waals surface area contributed by atoms with Crippen LogP contribution in [0.5, 0.6) is 0 Å². The van der Waals surface area contributed by atoms with E-state index < -0.39 is 0 Å². The van der Waals surface area contributed by atoms with Crippen LogP contribution in [-0.4, -0.2) is 9.78 Å². The van der Waals surface area contributed by atoms with Gasteiger partial charge in [-0.25, -0.2) is 4.68 Å². The van der Waals surface area contributed by atoms with E-state index in [4.69, 9.17) is 11.6 Å². The van der Waals surface area contributed by atoms with Crippen LogP contribution in [0.3, 0.4) is 0 Å². The van der Waals surface area contributed by atoms with Crippen LogP contribution in [0.4, 0.5) is 0 Å². The molecule has 2 nitrogen and oxygen atoms in total. The summed E-state index contributed by atoms with van der Waals surface area (Å²) < 4.78 is 1.71. The molecule has 12 heavy (non-hydrogen) atoms. The second kappa shape index (κ2) is 2.99. The minimum Gasteiger partial charge on any atom is -0.240 e. The van der Waals surface area contributed by atoms with Crippen LogP contribution >= 0.6 is 11.6 Å². The van der Waals surface area contributed by atoms with Crippen molar-refractivity contribution in [2.45, 2.75) is 0 Å². The molecule has 0 spiro atoms. The number of hydrogen-bond acceptors (Lipinski definition) is 1. The normalized spacial score (nSPS) is 10.1. The molecule has 0 atom stereocenters. The molecule has 0 N–H and O–H groups in total. The Kier molecular flexibility index (Phi) is 1.84. The van der Waals surface area contributed by atoms with E-state index in [0.717, 1.165) is 5.69 Å². The fourth-order valence-corrected chi connectivity index (χ4v) is 1.14. The Balaban J connectivity index is 2.48. The van der Waals surface area contributed by atoms with Gasteiger partial charge in [-0.3, -0.25) is 0 Å². The van der Waals surface area contributed by atoms with Crippen molar-refractivity contribution >= 4 is 11.6 Å². The molecule has 1 aromatic carbocycles. The van der Waals surface area contributed by atoms with Crippen molar-refractivity contribution in [2.75, 3.05) is 0 Å². The molecular formula is C9H6ClN2. The number of halogens is 1. The van der Waals surface area contributed by atoms with Gasteiger partial charge in [-0.1, -0.05) is 17.7 Å². The summed E-state index contributed by atoms with van der Waals surface area (Å²) in [5.74, 6) is 0. The molecule has 2 aromatic rings. The smallest absolute Gasteiger partial charge is 0.0739 e. The fourth-order valence-electron chi connectivity index (χ4n) is 0.971. The standard InChI is InChI=1S/C9H6ClN2/c10-8-3-1-4-9(7-8)12-6-2-5-11-12/h1-3,5-7H. The Hall–Kier alpha value is -1.28. The van der Waals surface area contributed by atoms with E-state index in [-0.39, 0.29) is 0 Å². The lowest BCUT2D eigenvalue weighted by molar-refractivity contribution is 0.879. The maximum atomic E-state index is 5.80. The van der Waals surface area contributed by atoms with Gasteiger partial charge in [-0.05, 0) is 18.2 Å². The summed E-state index contributed by atoms with van der Waals surface area (Å²) in [6, 6.07) is 10.3. The summed E-state index contributed by atoms with van der Waals surface area (Å²) in [7, 11) is 0. The molecule has 0 bridgehead atoms. The van der Waals surface area contributed by atoms with Gasteiger partial charge in [-0.2, -0.15) is 5.10 Å². The van der Waals surface area contributed by atoms with Gasteiger partial charge in [-0.15, -0.1) is 0 Å². The largest absolute Gasteiger partial charge is 0.240 e. The average Bonchev–Trinajstić information content (AvgIpc) is 2.56. The lowest BCUT2D eigenvalue weighted by Crippen LogP contribution is -1.93. The number of hydrogen-bond donors (Lipinski definition) is 0. The molecular weight excluding hydrogens is 172 g/mol. The summed E-state index contributed by atoms with van der Waals surface area (Å²) in [4.78, 5) is 0. The zero-order valence-corrected chi connectivity index (χ0v) is 6.99. The van der Waals surface area contributed by atoms with Crippen molar-refractivity contribution in [3.8, 4) is 5.69 Å². The molecule has 0 aliphatic heterocycles. The molecule has 1 aromatic heterocycles. The van der Waals surface area contributed by atoms with Gasteiger partial charge < -0.3 is 0 Å². The summed E-state index contributed by atoms with van der Waals surface area (Å²) in [6.45, 7) is 0. The van der Waals surface area contributed by atoms with E-state index in [1.165, 1.54) is 0 Å². The highest BCUT2D eigenvalue weighted by molar-refractivity contribution is 6.30. The van der Waals surface area contributed by atoms with Crippen LogP contribution < -0.4 is 0 Å². The highest BCUT2D eigenvalue weighted by Crippen LogP contribution is 2.12. The molecule has 2 rings (SSSR count). The van der Waals surface area contributed by atoms with Gasteiger partial charge in [0.15, 0.2) is 0 Å². The molecule has 1 heterocycles. The van der Waals surface area contributed by atoms with Crippen LogP contribution in [0, 0.1) is 6.07 Å². The molecule has 0 aliphatic carbocycles. The third kappa shape index (κ3) is 1.34. The first kappa shape index (κ1) is 7.37. The summed E-state index contributed by atoms with van der Waals surface area (Å²) in [5.41, 5.74) is 0.854. The number of aromatic nitrogens is 2. The third-order valence-electron chi connectivity index (χ3n) is 1.50. The molecule has 0 unspecified atom stereocenters. The van der Waals surface area contributed by atoms with Crippen molar-refractivity contribution in [3.63, 3.8) is 0 Å². The second-order valence-electron chi connectivity index (χ2n) is 2.34. The molecule has 0 aliphatic rings. The van der Waals surface area contributed by atoms with Crippen LogP contribution in [0.2, 0.25) is 5.02 Å². The topological polar surface area (TPSA) is 17.8 Å². The van der Waals surface area contributed by atoms with Gasteiger partial charge in [0.1, 0.15) is 0 Å². The summed E-state index contributed by atoms with van der Waals surface area (Å²) in [5, 5.41) is 4.75. The first-order chi connectivity index (χ1) is 5.86. The molecule has 0 amide bonds. The number of rotatable bonds is 1. The maximum absolute atomic E-state index is 5.80. The quantitative estimate of drug-likeness (QED) is 0.654. The monoisotopic (exact) mass is 177 g/mol.